The fourth-order valence-electron chi connectivity index (χ4n) is 2.24. The maximum atomic E-state index is 11.4. The highest BCUT2D eigenvalue weighted by Gasteiger charge is 2.57. The summed E-state index contributed by atoms with van der Waals surface area (Å²) in [5.41, 5.74) is -0.845. The highest BCUT2D eigenvalue weighted by atomic mass is 16.4. The third-order valence-electron chi connectivity index (χ3n) is 4.44. The highest BCUT2D eigenvalue weighted by Crippen LogP contribution is 2.53. The van der Waals surface area contributed by atoms with Crippen molar-refractivity contribution in [1.29, 1.82) is 0 Å². The molecule has 0 aromatic heterocycles. The van der Waals surface area contributed by atoms with Gasteiger partial charge in [0, 0.05) is 13.1 Å². The summed E-state index contributed by atoms with van der Waals surface area (Å²) in [6, 6.07) is 0. The molecule has 0 amide bonds. The first-order chi connectivity index (χ1) is 7.89. The summed E-state index contributed by atoms with van der Waals surface area (Å²) in [4.78, 5) is 13.7. The minimum absolute atomic E-state index is 0.0674. The van der Waals surface area contributed by atoms with Gasteiger partial charge in [-0.05, 0) is 38.3 Å². The second kappa shape index (κ2) is 5.36. The van der Waals surface area contributed by atoms with Crippen LogP contribution in [0.3, 0.4) is 0 Å². The maximum absolute atomic E-state index is 11.4. The largest absolute Gasteiger partial charge is 0.480 e. The average molecular weight is 242 g/mol. The van der Waals surface area contributed by atoms with Gasteiger partial charge in [-0.1, -0.05) is 20.8 Å². The highest BCUT2D eigenvalue weighted by molar-refractivity contribution is 5.80. The minimum atomic E-state index is -0.778. The van der Waals surface area contributed by atoms with Crippen molar-refractivity contribution in [3.63, 3.8) is 0 Å². The van der Waals surface area contributed by atoms with Gasteiger partial charge in [0.2, 0.25) is 0 Å². The molecule has 1 aliphatic carbocycles. The van der Waals surface area contributed by atoms with E-state index < -0.39 is 11.5 Å². The molecular formula is C13H26N2O2. The van der Waals surface area contributed by atoms with Crippen LogP contribution in [0, 0.1) is 5.41 Å². The second-order valence-corrected chi connectivity index (χ2v) is 5.44. The molecule has 0 aromatic carbocycles. The molecule has 1 unspecified atom stereocenters. The molecule has 4 heteroatoms. The molecule has 0 saturated heterocycles. The van der Waals surface area contributed by atoms with Gasteiger partial charge in [-0.2, -0.15) is 0 Å². The summed E-state index contributed by atoms with van der Waals surface area (Å²) >= 11 is 0. The Morgan fingerprint density at radius 2 is 1.94 bits per heavy atom. The Kier molecular flexibility index (Phi) is 4.55. The van der Waals surface area contributed by atoms with Gasteiger partial charge in [0.25, 0.3) is 0 Å². The van der Waals surface area contributed by atoms with Gasteiger partial charge >= 0.3 is 5.97 Å². The predicted molar refractivity (Wildman–Crippen MR) is 69.2 cm³/mol. The molecule has 0 spiro atoms. The van der Waals surface area contributed by atoms with E-state index in [0.29, 0.717) is 0 Å². The minimum Gasteiger partial charge on any atom is -0.480 e. The van der Waals surface area contributed by atoms with E-state index in [1.807, 2.05) is 6.92 Å². The predicted octanol–water partition coefficient (Wildman–Crippen LogP) is 1.56. The van der Waals surface area contributed by atoms with Crippen molar-refractivity contribution in [3.8, 4) is 0 Å². The third kappa shape index (κ3) is 2.99. The lowest BCUT2D eigenvalue weighted by atomic mass is 9.84. The molecule has 0 bridgehead atoms. The molecule has 17 heavy (non-hydrogen) atoms. The van der Waals surface area contributed by atoms with Crippen molar-refractivity contribution in [3.05, 3.63) is 0 Å². The first kappa shape index (κ1) is 14.5. The zero-order valence-corrected chi connectivity index (χ0v) is 11.5. The number of likely N-dealkylation sites (N-methyl/N-ethyl adjacent to an activating group) is 1. The first-order valence-electron chi connectivity index (χ1n) is 6.60. The Morgan fingerprint density at radius 1 is 1.41 bits per heavy atom. The van der Waals surface area contributed by atoms with Crippen LogP contribution in [0.25, 0.3) is 0 Å². The molecule has 2 N–H and O–H groups in total. The van der Waals surface area contributed by atoms with Gasteiger partial charge in [-0.15, -0.1) is 0 Å². The number of aliphatic carboxylic acids is 1. The van der Waals surface area contributed by atoms with E-state index in [4.69, 9.17) is 0 Å². The Morgan fingerprint density at radius 3 is 2.29 bits per heavy atom. The smallest absolute Gasteiger partial charge is 0.324 e. The summed E-state index contributed by atoms with van der Waals surface area (Å²) in [5, 5.41) is 12.7. The number of carboxylic acids is 1. The van der Waals surface area contributed by atoms with E-state index in [-0.39, 0.29) is 5.41 Å². The van der Waals surface area contributed by atoms with Gasteiger partial charge in [-0.3, -0.25) is 4.79 Å². The topological polar surface area (TPSA) is 52.6 Å². The van der Waals surface area contributed by atoms with Crippen LogP contribution < -0.4 is 5.32 Å². The number of hydrogen-bond acceptors (Lipinski definition) is 3. The Balaban J connectivity index is 2.49. The lowest BCUT2D eigenvalue weighted by Gasteiger charge is -2.33. The van der Waals surface area contributed by atoms with E-state index in [2.05, 4.69) is 31.0 Å². The molecule has 1 fully saturated rings. The third-order valence-corrected chi connectivity index (χ3v) is 4.44. The molecule has 1 rings (SSSR count). The number of carboxylic acid groups (broad SMARTS) is 1. The molecular weight excluding hydrogens is 216 g/mol. The van der Waals surface area contributed by atoms with Gasteiger partial charge in [-0.25, -0.2) is 0 Å². The molecule has 0 aliphatic heterocycles. The SMILES string of the molecule is CCN(CC)CCNC(C)(C(=O)O)C1(C)CC1. The summed E-state index contributed by atoms with van der Waals surface area (Å²) in [6.07, 6.45) is 2.02. The number of nitrogens with zero attached hydrogens (tertiary/aromatic N) is 1. The van der Waals surface area contributed by atoms with Crippen molar-refractivity contribution < 1.29 is 9.90 Å². The number of hydrogen-bond donors (Lipinski definition) is 2. The van der Waals surface area contributed by atoms with Crippen molar-refractivity contribution in [1.82, 2.24) is 10.2 Å². The van der Waals surface area contributed by atoms with Gasteiger partial charge in [0.1, 0.15) is 5.54 Å². The second-order valence-electron chi connectivity index (χ2n) is 5.44. The van der Waals surface area contributed by atoms with E-state index in [9.17, 15) is 9.90 Å². The first-order valence-corrected chi connectivity index (χ1v) is 6.60. The van der Waals surface area contributed by atoms with Crippen LogP contribution in [0.4, 0.5) is 0 Å². The van der Waals surface area contributed by atoms with Crippen LogP contribution in [0.1, 0.15) is 40.5 Å². The quantitative estimate of drug-likeness (QED) is 0.678. The normalized spacial score (nSPS) is 21.2. The van der Waals surface area contributed by atoms with Gasteiger partial charge in [0.05, 0.1) is 0 Å². The maximum Gasteiger partial charge on any atom is 0.324 e. The zero-order chi connectivity index (χ0) is 13.1. The van der Waals surface area contributed by atoms with Crippen LogP contribution in [0.15, 0.2) is 0 Å². The lowest BCUT2D eigenvalue weighted by Crippen LogP contribution is -2.57. The van der Waals surface area contributed by atoms with Crippen LogP contribution in [0.5, 0.6) is 0 Å². The summed E-state index contributed by atoms with van der Waals surface area (Å²) in [6.45, 7) is 11.8. The Labute approximate surface area is 104 Å². The van der Waals surface area contributed by atoms with E-state index >= 15 is 0 Å². The molecule has 100 valence electrons. The van der Waals surface area contributed by atoms with Crippen molar-refractivity contribution in [2.24, 2.45) is 5.41 Å². The summed E-state index contributed by atoms with van der Waals surface area (Å²) in [7, 11) is 0. The van der Waals surface area contributed by atoms with Gasteiger partial charge < -0.3 is 15.3 Å². The monoisotopic (exact) mass is 242 g/mol. The van der Waals surface area contributed by atoms with Crippen molar-refractivity contribution in [2.45, 2.75) is 46.1 Å². The summed E-state index contributed by atoms with van der Waals surface area (Å²) < 4.78 is 0. The number of nitrogens with one attached hydrogen (secondary N) is 1. The van der Waals surface area contributed by atoms with Crippen molar-refractivity contribution >= 4 is 5.97 Å². The van der Waals surface area contributed by atoms with Crippen LogP contribution in [-0.4, -0.2) is 47.7 Å². The molecule has 0 heterocycles. The molecule has 0 radical (unpaired) electrons. The standard InChI is InChI=1S/C13H26N2O2/c1-5-15(6-2)10-9-14-13(4,11(16)17)12(3)7-8-12/h14H,5-10H2,1-4H3,(H,16,17). The van der Waals surface area contributed by atoms with E-state index in [0.717, 1.165) is 39.0 Å². The Bertz CT molecular complexity index is 273. The average Bonchev–Trinajstić information content (AvgIpc) is 3.03. The van der Waals surface area contributed by atoms with Crippen LogP contribution >= 0.6 is 0 Å². The number of carbonyl (C=O) groups is 1. The van der Waals surface area contributed by atoms with Gasteiger partial charge in [0.15, 0.2) is 0 Å². The zero-order valence-electron chi connectivity index (χ0n) is 11.5. The van der Waals surface area contributed by atoms with Crippen LogP contribution in [-0.2, 0) is 4.79 Å². The number of rotatable bonds is 8. The van der Waals surface area contributed by atoms with E-state index in [1.165, 1.54) is 0 Å². The molecule has 4 nitrogen and oxygen atoms in total. The Hall–Kier alpha value is -0.610. The van der Waals surface area contributed by atoms with E-state index in [1.54, 1.807) is 0 Å². The van der Waals surface area contributed by atoms with Crippen LogP contribution in [0.2, 0.25) is 0 Å². The fourth-order valence-corrected chi connectivity index (χ4v) is 2.24. The lowest BCUT2D eigenvalue weighted by molar-refractivity contribution is -0.147. The molecule has 1 atom stereocenters. The molecule has 1 saturated carbocycles. The van der Waals surface area contributed by atoms with Crippen molar-refractivity contribution in [2.75, 3.05) is 26.2 Å². The molecule has 0 aromatic rings. The fraction of sp³-hybridized carbons (Fsp3) is 0.923. The molecule has 1 aliphatic rings. The summed E-state index contributed by atoms with van der Waals surface area (Å²) in [5.74, 6) is -0.725.